The average molecular weight is 298 g/mol. The molecule has 0 unspecified atom stereocenters. The summed E-state index contributed by atoms with van der Waals surface area (Å²) in [5, 5.41) is 17.1. The van der Waals surface area contributed by atoms with Crippen LogP contribution in [0.5, 0.6) is 11.5 Å². The van der Waals surface area contributed by atoms with Crippen molar-refractivity contribution >= 4 is 17.5 Å². The molecule has 0 fully saturated rings. The minimum Gasteiger partial charge on any atom is -0.493 e. The Bertz CT molecular complexity index is 547. The number of nitrogens with one attached hydrogen (secondary N) is 2. The van der Waals surface area contributed by atoms with Crippen molar-refractivity contribution in [1.82, 2.24) is 20.6 Å². The summed E-state index contributed by atoms with van der Waals surface area (Å²) < 4.78 is 11.1. The van der Waals surface area contributed by atoms with Crippen molar-refractivity contribution in [3.63, 3.8) is 0 Å². The van der Waals surface area contributed by atoms with Crippen molar-refractivity contribution in [1.29, 1.82) is 0 Å². The van der Waals surface area contributed by atoms with Gasteiger partial charge in [-0.1, -0.05) is 23.6 Å². The summed E-state index contributed by atoms with van der Waals surface area (Å²) in [6.45, 7) is 3.10. The molecule has 8 heteroatoms. The Hall–Kier alpha value is -2.02. The van der Waals surface area contributed by atoms with Crippen molar-refractivity contribution < 1.29 is 9.47 Å². The maximum atomic E-state index is 6.08. The van der Waals surface area contributed by atoms with Crippen LogP contribution in [0.4, 0.5) is 5.95 Å². The third-order valence-electron chi connectivity index (χ3n) is 2.55. The Labute approximate surface area is 121 Å². The summed E-state index contributed by atoms with van der Waals surface area (Å²) >= 11 is 6.08. The van der Waals surface area contributed by atoms with Crippen LogP contribution in [0.15, 0.2) is 12.1 Å². The Balaban J connectivity index is 2.21. The monoisotopic (exact) mass is 297 g/mol. The SMILES string of the molecule is CCCOc1c(CNc2nn[nH]n2)cc(Cl)cc1OC. The highest BCUT2D eigenvalue weighted by atomic mass is 35.5. The first-order chi connectivity index (χ1) is 9.74. The van der Waals surface area contributed by atoms with Gasteiger partial charge in [-0.2, -0.15) is 5.21 Å². The highest BCUT2D eigenvalue weighted by molar-refractivity contribution is 6.30. The van der Waals surface area contributed by atoms with E-state index in [1.165, 1.54) is 0 Å². The van der Waals surface area contributed by atoms with Gasteiger partial charge in [-0.3, -0.25) is 0 Å². The number of benzene rings is 1. The fraction of sp³-hybridized carbons (Fsp3) is 0.417. The molecule has 20 heavy (non-hydrogen) atoms. The number of halogens is 1. The van der Waals surface area contributed by atoms with Crippen LogP contribution in [0, 0.1) is 0 Å². The van der Waals surface area contributed by atoms with Crippen molar-refractivity contribution in [2.75, 3.05) is 19.0 Å². The molecule has 0 bridgehead atoms. The first-order valence-electron chi connectivity index (χ1n) is 6.21. The number of rotatable bonds is 7. The molecule has 0 amide bonds. The number of ether oxygens (including phenoxy) is 2. The van der Waals surface area contributed by atoms with Gasteiger partial charge in [0.1, 0.15) is 0 Å². The predicted octanol–water partition coefficient (Wildman–Crippen LogP) is 2.26. The molecule has 0 aliphatic heterocycles. The van der Waals surface area contributed by atoms with E-state index >= 15 is 0 Å². The van der Waals surface area contributed by atoms with Crippen LogP contribution in [0.25, 0.3) is 0 Å². The number of nitrogens with zero attached hydrogens (tertiary/aromatic N) is 3. The molecule has 2 aromatic rings. The maximum Gasteiger partial charge on any atom is 0.263 e. The fourth-order valence-corrected chi connectivity index (χ4v) is 1.92. The van der Waals surface area contributed by atoms with E-state index in [2.05, 4.69) is 25.9 Å². The van der Waals surface area contributed by atoms with Crippen molar-refractivity contribution in [2.45, 2.75) is 19.9 Å². The predicted molar refractivity (Wildman–Crippen MR) is 75.3 cm³/mol. The van der Waals surface area contributed by atoms with E-state index in [9.17, 15) is 0 Å². The van der Waals surface area contributed by atoms with Crippen molar-refractivity contribution in [3.05, 3.63) is 22.7 Å². The zero-order chi connectivity index (χ0) is 14.4. The van der Waals surface area contributed by atoms with E-state index < -0.39 is 0 Å². The molecule has 7 nitrogen and oxygen atoms in total. The lowest BCUT2D eigenvalue weighted by molar-refractivity contribution is 0.291. The molecule has 108 valence electrons. The largest absolute Gasteiger partial charge is 0.493 e. The van der Waals surface area contributed by atoms with Crippen molar-refractivity contribution in [2.24, 2.45) is 0 Å². The van der Waals surface area contributed by atoms with Gasteiger partial charge in [-0.05, 0) is 17.7 Å². The van der Waals surface area contributed by atoms with Crippen LogP contribution in [0.3, 0.4) is 0 Å². The summed E-state index contributed by atoms with van der Waals surface area (Å²) in [7, 11) is 1.58. The highest BCUT2D eigenvalue weighted by Gasteiger charge is 2.13. The summed E-state index contributed by atoms with van der Waals surface area (Å²) in [5.74, 6) is 1.69. The molecule has 0 atom stereocenters. The Kier molecular flexibility index (Phi) is 5.00. The van der Waals surface area contributed by atoms with Crippen LogP contribution in [0.1, 0.15) is 18.9 Å². The minimum absolute atomic E-state index is 0.408. The quantitative estimate of drug-likeness (QED) is 0.815. The molecule has 0 spiro atoms. The average Bonchev–Trinajstić information content (AvgIpc) is 2.96. The zero-order valence-corrected chi connectivity index (χ0v) is 12.1. The highest BCUT2D eigenvalue weighted by Crippen LogP contribution is 2.35. The van der Waals surface area contributed by atoms with Gasteiger partial charge < -0.3 is 14.8 Å². The topological polar surface area (TPSA) is 85.0 Å². The first-order valence-corrected chi connectivity index (χ1v) is 6.59. The summed E-state index contributed by atoms with van der Waals surface area (Å²) in [5.41, 5.74) is 0.868. The molecule has 1 aromatic carbocycles. The third kappa shape index (κ3) is 3.51. The second kappa shape index (κ2) is 6.95. The molecule has 1 aromatic heterocycles. The zero-order valence-electron chi connectivity index (χ0n) is 11.3. The van der Waals surface area contributed by atoms with Crippen LogP contribution in [0.2, 0.25) is 5.02 Å². The molecule has 1 heterocycles. The Morgan fingerprint density at radius 3 is 2.90 bits per heavy atom. The van der Waals surface area contributed by atoms with Crippen LogP contribution in [-0.4, -0.2) is 34.3 Å². The standard InChI is InChI=1S/C12H16ClN5O2/c1-3-4-20-11-8(5-9(13)6-10(11)19-2)7-14-12-15-17-18-16-12/h5-6H,3-4,7H2,1-2H3,(H2,14,15,16,17,18). The van der Waals surface area contributed by atoms with E-state index in [-0.39, 0.29) is 0 Å². The number of methoxy groups -OCH3 is 1. The molecular weight excluding hydrogens is 282 g/mol. The van der Waals surface area contributed by atoms with Gasteiger partial charge in [0.25, 0.3) is 5.95 Å². The van der Waals surface area contributed by atoms with Gasteiger partial charge in [-0.25, -0.2) is 0 Å². The number of H-pyrrole nitrogens is 1. The second-order valence-corrected chi connectivity index (χ2v) is 4.47. The van der Waals surface area contributed by atoms with E-state index in [4.69, 9.17) is 21.1 Å². The number of tetrazole rings is 1. The van der Waals surface area contributed by atoms with Gasteiger partial charge >= 0.3 is 0 Å². The van der Waals surface area contributed by atoms with Gasteiger partial charge in [-0.15, -0.1) is 5.10 Å². The number of aromatic amines is 1. The number of hydrogen-bond donors (Lipinski definition) is 2. The smallest absolute Gasteiger partial charge is 0.263 e. The Morgan fingerprint density at radius 2 is 2.25 bits per heavy atom. The molecular formula is C12H16ClN5O2. The van der Waals surface area contributed by atoms with Gasteiger partial charge in [0, 0.05) is 23.2 Å². The van der Waals surface area contributed by atoms with Gasteiger partial charge in [0.15, 0.2) is 11.5 Å². The third-order valence-corrected chi connectivity index (χ3v) is 2.77. The molecule has 0 saturated heterocycles. The second-order valence-electron chi connectivity index (χ2n) is 4.03. The first kappa shape index (κ1) is 14.4. The fourth-order valence-electron chi connectivity index (χ4n) is 1.68. The molecule has 0 radical (unpaired) electrons. The van der Waals surface area contributed by atoms with Crippen LogP contribution < -0.4 is 14.8 Å². The Morgan fingerprint density at radius 1 is 1.40 bits per heavy atom. The van der Waals surface area contributed by atoms with Gasteiger partial charge in [0.2, 0.25) is 0 Å². The van der Waals surface area contributed by atoms with E-state index in [1.54, 1.807) is 13.2 Å². The molecule has 0 aliphatic rings. The lowest BCUT2D eigenvalue weighted by atomic mass is 10.2. The van der Waals surface area contributed by atoms with Gasteiger partial charge in [0.05, 0.1) is 13.7 Å². The van der Waals surface area contributed by atoms with Crippen molar-refractivity contribution in [3.8, 4) is 11.5 Å². The van der Waals surface area contributed by atoms with E-state index in [1.807, 2.05) is 13.0 Å². The lowest BCUT2D eigenvalue weighted by Crippen LogP contribution is -2.06. The summed E-state index contributed by atoms with van der Waals surface area (Å²) in [4.78, 5) is 0. The van der Waals surface area contributed by atoms with Crippen LogP contribution >= 0.6 is 11.6 Å². The number of anilines is 1. The molecule has 2 rings (SSSR count). The summed E-state index contributed by atoms with van der Waals surface area (Å²) in [6, 6.07) is 3.55. The normalized spacial score (nSPS) is 10.3. The lowest BCUT2D eigenvalue weighted by Gasteiger charge is -2.15. The van der Waals surface area contributed by atoms with E-state index in [0.717, 1.165) is 12.0 Å². The molecule has 0 saturated carbocycles. The van der Waals surface area contributed by atoms with Crippen LogP contribution in [-0.2, 0) is 6.54 Å². The number of aromatic nitrogens is 4. The summed E-state index contributed by atoms with van der Waals surface area (Å²) in [6.07, 6.45) is 0.906. The molecule has 0 aliphatic carbocycles. The number of hydrogen-bond acceptors (Lipinski definition) is 6. The maximum absolute atomic E-state index is 6.08. The minimum atomic E-state index is 0.408. The molecule has 2 N–H and O–H groups in total. The van der Waals surface area contributed by atoms with E-state index in [0.29, 0.717) is 35.6 Å².